The standard InChI is InChI=1S/C20H24FN5OS/c21-17-8-4-5-9-18(17)22-20(28)24-23-19(27)10-11-25-12-14-26(15-13-25)16-6-2-1-3-7-16/h1-9H,10-15H2,(H,23,27)(H2,22,24,28). The summed E-state index contributed by atoms with van der Waals surface area (Å²) >= 11 is 5.06. The summed E-state index contributed by atoms with van der Waals surface area (Å²) in [6.07, 6.45) is 0.362. The molecular weight excluding hydrogens is 377 g/mol. The van der Waals surface area contributed by atoms with E-state index in [0.717, 1.165) is 26.2 Å². The first kappa shape index (κ1) is 20.0. The van der Waals surface area contributed by atoms with Crippen molar-refractivity contribution in [3.05, 3.63) is 60.4 Å². The van der Waals surface area contributed by atoms with Crippen LogP contribution in [0.4, 0.5) is 15.8 Å². The number of anilines is 2. The number of rotatable bonds is 5. The molecule has 1 saturated heterocycles. The monoisotopic (exact) mass is 401 g/mol. The topological polar surface area (TPSA) is 59.6 Å². The van der Waals surface area contributed by atoms with Gasteiger partial charge in [0.1, 0.15) is 5.82 Å². The van der Waals surface area contributed by atoms with Crippen molar-refractivity contribution < 1.29 is 9.18 Å². The van der Waals surface area contributed by atoms with Gasteiger partial charge in [-0.2, -0.15) is 0 Å². The molecule has 3 N–H and O–H groups in total. The Kier molecular flexibility index (Phi) is 7.16. The molecular formula is C20H24FN5OS. The number of nitrogens with one attached hydrogen (secondary N) is 3. The normalized spacial score (nSPS) is 14.4. The summed E-state index contributed by atoms with van der Waals surface area (Å²) in [4.78, 5) is 16.6. The second-order valence-corrected chi connectivity index (χ2v) is 6.93. The minimum atomic E-state index is -0.410. The number of para-hydroxylation sites is 2. The van der Waals surface area contributed by atoms with Crippen LogP contribution in [-0.2, 0) is 4.79 Å². The van der Waals surface area contributed by atoms with Crippen molar-refractivity contribution in [2.75, 3.05) is 42.9 Å². The first-order valence-electron chi connectivity index (χ1n) is 9.24. The Balaban J connectivity index is 1.33. The Bertz CT molecular complexity index is 796. The van der Waals surface area contributed by atoms with Crippen LogP contribution in [0.1, 0.15) is 6.42 Å². The smallest absolute Gasteiger partial charge is 0.239 e. The van der Waals surface area contributed by atoms with Gasteiger partial charge >= 0.3 is 0 Å². The highest BCUT2D eigenvalue weighted by molar-refractivity contribution is 7.80. The number of hydrogen-bond donors (Lipinski definition) is 3. The van der Waals surface area contributed by atoms with E-state index in [0.29, 0.717) is 13.0 Å². The van der Waals surface area contributed by atoms with Gasteiger partial charge in [0.2, 0.25) is 5.91 Å². The van der Waals surface area contributed by atoms with Crippen LogP contribution in [0.3, 0.4) is 0 Å². The minimum Gasteiger partial charge on any atom is -0.369 e. The van der Waals surface area contributed by atoms with E-state index >= 15 is 0 Å². The maximum absolute atomic E-state index is 13.6. The number of carbonyl (C=O) groups is 1. The van der Waals surface area contributed by atoms with Crippen LogP contribution in [0.25, 0.3) is 0 Å². The molecule has 0 bridgehead atoms. The van der Waals surface area contributed by atoms with Crippen molar-refractivity contribution in [1.29, 1.82) is 0 Å². The molecule has 0 spiro atoms. The van der Waals surface area contributed by atoms with E-state index in [2.05, 4.69) is 38.1 Å². The van der Waals surface area contributed by atoms with E-state index in [1.807, 2.05) is 18.2 Å². The third-order valence-corrected chi connectivity index (χ3v) is 4.79. The molecule has 0 unspecified atom stereocenters. The molecule has 8 heteroatoms. The lowest BCUT2D eigenvalue weighted by Crippen LogP contribution is -2.48. The summed E-state index contributed by atoms with van der Waals surface area (Å²) in [6.45, 7) is 4.41. The molecule has 1 fully saturated rings. The maximum atomic E-state index is 13.6. The number of halogens is 1. The van der Waals surface area contributed by atoms with Crippen LogP contribution in [0, 0.1) is 5.82 Å². The number of amides is 1. The molecule has 2 aromatic rings. The predicted octanol–water partition coefficient (Wildman–Crippen LogP) is 2.36. The molecule has 0 aliphatic carbocycles. The minimum absolute atomic E-state index is 0.134. The van der Waals surface area contributed by atoms with Gasteiger partial charge in [-0.15, -0.1) is 0 Å². The lowest BCUT2D eigenvalue weighted by Gasteiger charge is -2.36. The number of carbonyl (C=O) groups excluding carboxylic acids is 1. The van der Waals surface area contributed by atoms with Gasteiger partial charge in [-0.1, -0.05) is 30.3 Å². The Labute approximate surface area is 169 Å². The highest BCUT2D eigenvalue weighted by Gasteiger charge is 2.17. The Morgan fingerprint density at radius 2 is 1.64 bits per heavy atom. The largest absolute Gasteiger partial charge is 0.369 e. The summed E-state index contributed by atoms with van der Waals surface area (Å²) in [5.41, 5.74) is 6.64. The van der Waals surface area contributed by atoms with Gasteiger partial charge in [0.05, 0.1) is 5.69 Å². The molecule has 1 aliphatic rings. The van der Waals surface area contributed by atoms with E-state index in [9.17, 15) is 9.18 Å². The molecule has 148 valence electrons. The van der Waals surface area contributed by atoms with Crippen molar-refractivity contribution in [3.63, 3.8) is 0 Å². The molecule has 0 aromatic heterocycles. The molecule has 0 radical (unpaired) electrons. The lowest BCUT2D eigenvalue weighted by atomic mass is 10.2. The van der Waals surface area contributed by atoms with Gasteiger partial charge in [-0.05, 0) is 36.5 Å². The summed E-state index contributed by atoms with van der Waals surface area (Å²) in [7, 11) is 0. The fraction of sp³-hybridized carbons (Fsp3) is 0.300. The number of hydrogen-bond acceptors (Lipinski definition) is 4. The third kappa shape index (κ3) is 5.90. The Hall–Kier alpha value is -2.71. The molecule has 0 saturated carbocycles. The van der Waals surface area contributed by atoms with Crippen molar-refractivity contribution in [2.45, 2.75) is 6.42 Å². The van der Waals surface area contributed by atoms with Gasteiger partial charge in [-0.25, -0.2) is 4.39 Å². The number of benzene rings is 2. The molecule has 1 amide bonds. The molecule has 2 aromatic carbocycles. The van der Waals surface area contributed by atoms with Crippen LogP contribution in [0.15, 0.2) is 54.6 Å². The van der Waals surface area contributed by atoms with Crippen molar-refractivity contribution in [3.8, 4) is 0 Å². The second kappa shape index (κ2) is 10.0. The Morgan fingerprint density at radius 3 is 2.36 bits per heavy atom. The highest BCUT2D eigenvalue weighted by atomic mass is 32.1. The number of thiocarbonyl (C=S) groups is 1. The van der Waals surface area contributed by atoms with Gasteiger partial charge in [-0.3, -0.25) is 20.5 Å². The van der Waals surface area contributed by atoms with Crippen LogP contribution in [-0.4, -0.2) is 48.6 Å². The van der Waals surface area contributed by atoms with E-state index in [1.54, 1.807) is 18.2 Å². The molecule has 1 heterocycles. The van der Waals surface area contributed by atoms with Crippen molar-refractivity contribution >= 4 is 34.6 Å². The first-order valence-corrected chi connectivity index (χ1v) is 9.65. The van der Waals surface area contributed by atoms with Crippen LogP contribution in [0.2, 0.25) is 0 Å². The number of piperazine rings is 1. The second-order valence-electron chi connectivity index (χ2n) is 6.52. The first-order chi connectivity index (χ1) is 13.6. The lowest BCUT2D eigenvalue weighted by molar-refractivity contribution is -0.122. The summed E-state index contributed by atoms with van der Waals surface area (Å²) in [5.74, 6) is -0.573. The SMILES string of the molecule is O=C(CCN1CCN(c2ccccc2)CC1)NNC(=S)Nc1ccccc1F. The molecule has 1 aliphatic heterocycles. The third-order valence-electron chi connectivity index (χ3n) is 4.59. The summed E-state index contributed by atoms with van der Waals surface area (Å²) < 4.78 is 13.6. The molecule has 28 heavy (non-hydrogen) atoms. The zero-order valence-corrected chi connectivity index (χ0v) is 16.3. The van der Waals surface area contributed by atoms with Gasteiger partial charge in [0.25, 0.3) is 0 Å². The van der Waals surface area contributed by atoms with Crippen LogP contribution < -0.4 is 21.1 Å². The van der Waals surface area contributed by atoms with E-state index in [-0.39, 0.29) is 16.7 Å². The average Bonchev–Trinajstić information content (AvgIpc) is 2.73. The number of nitrogens with zero attached hydrogens (tertiary/aromatic N) is 2. The average molecular weight is 402 g/mol. The zero-order valence-electron chi connectivity index (χ0n) is 15.5. The molecule has 6 nitrogen and oxygen atoms in total. The molecule has 3 rings (SSSR count). The Morgan fingerprint density at radius 1 is 0.964 bits per heavy atom. The number of hydrazine groups is 1. The van der Waals surface area contributed by atoms with E-state index in [4.69, 9.17) is 12.2 Å². The van der Waals surface area contributed by atoms with Crippen LogP contribution >= 0.6 is 12.2 Å². The fourth-order valence-corrected chi connectivity index (χ4v) is 3.19. The van der Waals surface area contributed by atoms with E-state index < -0.39 is 5.82 Å². The van der Waals surface area contributed by atoms with E-state index in [1.165, 1.54) is 11.8 Å². The quantitative estimate of drug-likeness (QED) is 0.528. The summed E-state index contributed by atoms with van der Waals surface area (Å²) in [6, 6.07) is 16.5. The van der Waals surface area contributed by atoms with Gasteiger partial charge in [0, 0.05) is 44.8 Å². The van der Waals surface area contributed by atoms with Gasteiger partial charge in [0.15, 0.2) is 5.11 Å². The molecule has 0 atom stereocenters. The van der Waals surface area contributed by atoms with Crippen molar-refractivity contribution in [1.82, 2.24) is 15.8 Å². The predicted molar refractivity (Wildman–Crippen MR) is 114 cm³/mol. The highest BCUT2D eigenvalue weighted by Crippen LogP contribution is 2.15. The summed E-state index contributed by atoms with van der Waals surface area (Å²) in [5, 5.41) is 2.84. The fourth-order valence-electron chi connectivity index (χ4n) is 3.03. The van der Waals surface area contributed by atoms with Gasteiger partial charge < -0.3 is 10.2 Å². The maximum Gasteiger partial charge on any atom is 0.239 e. The van der Waals surface area contributed by atoms with Crippen molar-refractivity contribution in [2.24, 2.45) is 0 Å². The van der Waals surface area contributed by atoms with Crippen LogP contribution in [0.5, 0.6) is 0 Å². The zero-order chi connectivity index (χ0) is 19.8.